The number of hydrogen-bond acceptors (Lipinski definition) is 5. The third kappa shape index (κ3) is 6.36. The Balaban J connectivity index is 2.63. The predicted octanol–water partition coefficient (Wildman–Crippen LogP) is -0.128. The molecule has 0 saturated carbocycles. The van der Waals surface area contributed by atoms with Crippen molar-refractivity contribution < 1.29 is 19.1 Å². The Labute approximate surface area is 129 Å². The topological polar surface area (TPSA) is 111 Å². The zero-order valence-corrected chi connectivity index (χ0v) is 12.5. The van der Waals surface area contributed by atoms with E-state index in [1.807, 2.05) is 30.3 Å². The Morgan fingerprint density at radius 3 is 2.45 bits per heavy atom. The van der Waals surface area contributed by atoms with Gasteiger partial charge in [0.2, 0.25) is 11.8 Å². The summed E-state index contributed by atoms with van der Waals surface area (Å²) in [7, 11) is 1.32. The third-order valence-electron chi connectivity index (χ3n) is 3.03. The van der Waals surface area contributed by atoms with Crippen LogP contribution in [0.1, 0.15) is 24.4 Å². The fraction of sp³-hybridized carbons (Fsp3) is 0.400. The van der Waals surface area contributed by atoms with Crippen molar-refractivity contribution in [2.45, 2.75) is 18.9 Å². The molecule has 4 N–H and O–H groups in total. The highest BCUT2D eigenvalue weighted by Crippen LogP contribution is 2.18. The van der Waals surface area contributed by atoms with Gasteiger partial charge in [-0.05, 0) is 12.0 Å². The minimum absolute atomic E-state index is 0.155. The zero-order chi connectivity index (χ0) is 16.4. The van der Waals surface area contributed by atoms with E-state index in [2.05, 4.69) is 15.4 Å². The first kappa shape index (κ1) is 17.6. The maximum atomic E-state index is 11.9. The van der Waals surface area contributed by atoms with Gasteiger partial charge in [-0.1, -0.05) is 30.3 Å². The first-order valence-corrected chi connectivity index (χ1v) is 6.94. The molecule has 7 heteroatoms. The van der Waals surface area contributed by atoms with Crippen LogP contribution in [0, 0.1) is 0 Å². The van der Waals surface area contributed by atoms with Gasteiger partial charge in [-0.3, -0.25) is 14.4 Å². The molecule has 0 aromatic heterocycles. The van der Waals surface area contributed by atoms with Crippen LogP contribution in [0.4, 0.5) is 0 Å². The van der Waals surface area contributed by atoms with Crippen LogP contribution in [0.5, 0.6) is 0 Å². The fourth-order valence-electron chi connectivity index (χ4n) is 1.87. The number of nitrogens with two attached hydrogens (primary N) is 1. The van der Waals surface area contributed by atoms with Crippen molar-refractivity contribution in [2.75, 3.05) is 20.2 Å². The van der Waals surface area contributed by atoms with E-state index in [4.69, 9.17) is 5.73 Å². The van der Waals surface area contributed by atoms with Crippen molar-refractivity contribution in [2.24, 2.45) is 5.73 Å². The summed E-state index contributed by atoms with van der Waals surface area (Å²) in [5.74, 6) is -1.09. The molecule has 22 heavy (non-hydrogen) atoms. The second-order valence-corrected chi connectivity index (χ2v) is 4.63. The zero-order valence-electron chi connectivity index (χ0n) is 12.5. The third-order valence-corrected chi connectivity index (χ3v) is 3.03. The van der Waals surface area contributed by atoms with Gasteiger partial charge in [0.25, 0.3) is 0 Å². The van der Waals surface area contributed by atoms with Gasteiger partial charge in [-0.25, -0.2) is 0 Å². The number of hydrogen-bond donors (Lipinski definition) is 3. The first-order chi connectivity index (χ1) is 10.6. The predicted molar refractivity (Wildman–Crippen MR) is 80.6 cm³/mol. The molecule has 0 spiro atoms. The summed E-state index contributed by atoms with van der Waals surface area (Å²) >= 11 is 0. The number of methoxy groups -OCH3 is 1. The number of benzene rings is 1. The van der Waals surface area contributed by atoms with Crippen LogP contribution < -0.4 is 16.4 Å². The summed E-state index contributed by atoms with van der Waals surface area (Å²) in [5, 5.41) is 5.19. The summed E-state index contributed by atoms with van der Waals surface area (Å²) < 4.78 is 4.61. The van der Waals surface area contributed by atoms with E-state index < -0.39 is 5.91 Å². The molecule has 0 heterocycles. The molecule has 7 nitrogen and oxygen atoms in total. The summed E-state index contributed by atoms with van der Waals surface area (Å²) in [5.41, 5.74) is 6.03. The van der Waals surface area contributed by atoms with Crippen molar-refractivity contribution in [1.82, 2.24) is 10.6 Å². The number of carbonyl (C=O) groups excluding carboxylic acids is 3. The molecule has 0 aliphatic carbocycles. The van der Waals surface area contributed by atoms with Crippen molar-refractivity contribution in [3.05, 3.63) is 35.9 Å². The molecule has 0 saturated heterocycles. The van der Waals surface area contributed by atoms with Crippen LogP contribution >= 0.6 is 0 Å². The van der Waals surface area contributed by atoms with Crippen LogP contribution in [-0.2, 0) is 19.1 Å². The number of nitrogens with one attached hydrogen (secondary N) is 2. The Kier molecular flexibility index (Phi) is 7.63. The molecule has 0 aliphatic heterocycles. The maximum Gasteiger partial charge on any atom is 0.305 e. The monoisotopic (exact) mass is 307 g/mol. The lowest BCUT2D eigenvalue weighted by Gasteiger charge is -2.19. The van der Waals surface area contributed by atoms with E-state index in [0.717, 1.165) is 5.56 Å². The average molecular weight is 307 g/mol. The highest BCUT2D eigenvalue weighted by atomic mass is 16.5. The highest BCUT2D eigenvalue weighted by Gasteiger charge is 2.16. The van der Waals surface area contributed by atoms with E-state index in [9.17, 15) is 14.4 Å². The van der Waals surface area contributed by atoms with Gasteiger partial charge in [0.15, 0.2) is 0 Å². The molecule has 0 fully saturated rings. The smallest absolute Gasteiger partial charge is 0.305 e. The molecular formula is C15H21N3O4. The van der Waals surface area contributed by atoms with E-state index in [1.165, 1.54) is 7.11 Å². The molecule has 0 bridgehead atoms. The summed E-state index contributed by atoms with van der Waals surface area (Å²) in [6.07, 6.45) is 0.596. The molecule has 2 amide bonds. The summed E-state index contributed by atoms with van der Waals surface area (Å²) in [4.78, 5) is 34.2. The van der Waals surface area contributed by atoms with Crippen molar-refractivity contribution in [1.29, 1.82) is 0 Å². The van der Waals surface area contributed by atoms with Gasteiger partial charge in [-0.15, -0.1) is 0 Å². The van der Waals surface area contributed by atoms with Gasteiger partial charge < -0.3 is 21.1 Å². The summed E-state index contributed by atoms with van der Waals surface area (Å²) in [6, 6.07) is 8.96. The van der Waals surface area contributed by atoms with Gasteiger partial charge in [0.1, 0.15) is 0 Å². The van der Waals surface area contributed by atoms with Crippen molar-refractivity contribution in [3.63, 3.8) is 0 Å². The highest BCUT2D eigenvalue weighted by molar-refractivity contribution is 5.85. The number of esters is 1. The van der Waals surface area contributed by atoms with Crippen LogP contribution in [0.2, 0.25) is 0 Å². The lowest BCUT2D eigenvalue weighted by molar-refractivity contribution is -0.141. The van der Waals surface area contributed by atoms with Crippen molar-refractivity contribution >= 4 is 17.8 Å². The second-order valence-electron chi connectivity index (χ2n) is 4.63. The summed E-state index contributed by atoms with van der Waals surface area (Å²) in [6.45, 7) is -0.324. The normalized spacial score (nSPS) is 11.4. The largest absolute Gasteiger partial charge is 0.469 e. The number of ether oxygens (including phenoxy) is 1. The van der Waals surface area contributed by atoms with Crippen LogP contribution in [0.15, 0.2) is 30.3 Å². The Hall–Kier alpha value is -2.41. The minimum Gasteiger partial charge on any atom is -0.469 e. The van der Waals surface area contributed by atoms with Gasteiger partial charge in [-0.2, -0.15) is 0 Å². The molecule has 1 atom stereocenters. The molecule has 0 radical (unpaired) electrons. The van der Waals surface area contributed by atoms with Crippen molar-refractivity contribution in [3.8, 4) is 0 Å². The van der Waals surface area contributed by atoms with Crippen LogP contribution in [-0.4, -0.2) is 38.0 Å². The van der Waals surface area contributed by atoms with Gasteiger partial charge in [0, 0.05) is 6.42 Å². The van der Waals surface area contributed by atoms with E-state index >= 15 is 0 Å². The average Bonchev–Trinajstić information content (AvgIpc) is 2.56. The first-order valence-electron chi connectivity index (χ1n) is 6.94. The lowest BCUT2D eigenvalue weighted by Crippen LogP contribution is -2.40. The molecule has 120 valence electrons. The second kappa shape index (κ2) is 9.51. The molecular weight excluding hydrogens is 286 g/mol. The van der Waals surface area contributed by atoms with Crippen LogP contribution in [0.3, 0.4) is 0 Å². The fourth-order valence-corrected chi connectivity index (χ4v) is 1.87. The standard InChI is InChI=1S/C15H21N3O4/c1-22-15(21)8-7-12(11-5-3-2-4-6-11)18-14(20)10-17-13(19)9-16/h2-6,12H,7-10,16H2,1H3,(H,17,19)(H,18,20). The molecule has 1 unspecified atom stereocenters. The van der Waals surface area contributed by atoms with E-state index in [1.54, 1.807) is 0 Å². The van der Waals surface area contributed by atoms with Crippen LogP contribution in [0.25, 0.3) is 0 Å². The SMILES string of the molecule is COC(=O)CCC(NC(=O)CNC(=O)CN)c1ccccc1. The minimum atomic E-state index is -0.402. The quantitative estimate of drug-likeness (QED) is 0.580. The Morgan fingerprint density at radius 1 is 1.18 bits per heavy atom. The molecule has 1 aromatic rings. The lowest BCUT2D eigenvalue weighted by atomic mass is 10.0. The van der Waals surface area contributed by atoms with E-state index in [0.29, 0.717) is 6.42 Å². The van der Waals surface area contributed by atoms with Gasteiger partial charge in [0.05, 0.1) is 26.2 Å². The number of carbonyl (C=O) groups is 3. The Bertz CT molecular complexity index is 505. The number of amides is 2. The van der Waals surface area contributed by atoms with Gasteiger partial charge >= 0.3 is 5.97 Å². The Morgan fingerprint density at radius 2 is 1.86 bits per heavy atom. The number of rotatable bonds is 8. The molecule has 1 aromatic carbocycles. The maximum absolute atomic E-state index is 11.9. The molecule has 0 aliphatic rings. The molecule has 1 rings (SSSR count). The van der Waals surface area contributed by atoms with E-state index in [-0.39, 0.29) is 37.4 Å².